The smallest absolute Gasteiger partial charge is 0.149 e. The SMILES string of the molecule is Cc1ccc(-c2cc(NC3[C@H]4CNC[C@@H]34)nn2-c2ccc(C#N)cc2)cc1. The minimum atomic E-state index is 0.529. The van der Waals surface area contributed by atoms with Crippen LogP contribution in [0.15, 0.2) is 54.6 Å². The molecule has 134 valence electrons. The summed E-state index contributed by atoms with van der Waals surface area (Å²) in [5.74, 6) is 2.37. The maximum absolute atomic E-state index is 9.06. The fourth-order valence-electron chi connectivity index (χ4n) is 4.06. The van der Waals surface area contributed by atoms with Gasteiger partial charge >= 0.3 is 0 Å². The molecule has 1 saturated carbocycles. The quantitative estimate of drug-likeness (QED) is 0.753. The van der Waals surface area contributed by atoms with E-state index in [0.29, 0.717) is 11.6 Å². The molecular weight excluding hydrogens is 334 g/mol. The second-order valence-electron chi connectivity index (χ2n) is 7.51. The third-order valence-corrected chi connectivity index (χ3v) is 5.70. The molecule has 3 aromatic rings. The summed E-state index contributed by atoms with van der Waals surface area (Å²) in [6.07, 6.45) is 0. The molecule has 0 spiro atoms. The third-order valence-electron chi connectivity index (χ3n) is 5.70. The number of aromatic nitrogens is 2. The summed E-state index contributed by atoms with van der Waals surface area (Å²) in [5, 5.41) is 21.0. The normalized spacial score (nSPS) is 22.9. The van der Waals surface area contributed by atoms with Crippen LogP contribution >= 0.6 is 0 Å². The zero-order chi connectivity index (χ0) is 18.4. The average Bonchev–Trinajstić information content (AvgIpc) is 3.07. The van der Waals surface area contributed by atoms with E-state index in [1.54, 1.807) is 0 Å². The maximum Gasteiger partial charge on any atom is 0.149 e. The highest BCUT2D eigenvalue weighted by Gasteiger charge is 2.53. The highest BCUT2D eigenvalue weighted by Crippen LogP contribution is 2.44. The van der Waals surface area contributed by atoms with Gasteiger partial charge in [-0.1, -0.05) is 29.8 Å². The number of hydrogen-bond donors (Lipinski definition) is 2. The first kappa shape index (κ1) is 16.1. The number of hydrogen-bond acceptors (Lipinski definition) is 4. The Morgan fingerprint density at radius 2 is 1.78 bits per heavy atom. The number of anilines is 1. The first-order valence-electron chi connectivity index (χ1n) is 9.38. The largest absolute Gasteiger partial charge is 0.365 e. The Bertz CT molecular complexity index is 1000. The molecule has 1 saturated heterocycles. The molecule has 1 aliphatic heterocycles. The second kappa shape index (κ2) is 6.26. The van der Waals surface area contributed by atoms with Crippen LogP contribution in [0.3, 0.4) is 0 Å². The van der Waals surface area contributed by atoms with Gasteiger partial charge in [-0.05, 0) is 43.0 Å². The summed E-state index contributed by atoms with van der Waals surface area (Å²) >= 11 is 0. The van der Waals surface area contributed by atoms with Crippen LogP contribution in [0.4, 0.5) is 5.82 Å². The Balaban J connectivity index is 1.52. The van der Waals surface area contributed by atoms with Crippen molar-refractivity contribution in [3.8, 4) is 23.0 Å². The number of nitrogens with one attached hydrogen (secondary N) is 2. The number of piperidine rings is 1. The number of benzene rings is 2. The average molecular weight is 355 g/mol. The Kier molecular flexibility index (Phi) is 3.73. The van der Waals surface area contributed by atoms with Gasteiger partial charge in [-0.15, -0.1) is 5.10 Å². The van der Waals surface area contributed by atoms with Gasteiger partial charge in [0.25, 0.3) is 0 Å². The molecule has 27 heavy (non-hydrogen) atoms. The van der Waals surface area contributed by atoms with Crippen molar-refractivity contribution in [3.63, 3.8) is 0 Å². The van der Waals surface area contributed by atoms with Gasteiger partial charge in [-0.3, -0.25) is 0 Å². The molecule has 2 fully saturated rings. The highest BCUT2D eigenvalue weighted by atomic mass is 15.3. The Morgan fingerprint density at radius 3 is 2.44 bits per heavy atom. The fraction of sp³-hybridized carbons (Fsp3) is 0.273. The molecule has 5 rings (SSSR count). The van der Waals surface area contributed by atoms with Crippen LogP contribution in [0.2, 0.25) is 0 Å². The molecule has 0 bridgehead atoms. The van der Waals surface area contributed by atoms with Crippen LogP contribution in [0, 0.1) is 30.1 Å². The van der Waals surface area contributed by atoms with Gasteiger partial charge < -0.3 is 10.6 Å². The fourth-order valence-corrected chi connectivity index (χ4v) is 4.06. The zero-order valence-corrected chi connectivity index (χ0v) is 15.2. The van der Waals surface area contributed by atoms with E-state index in [1.807, 2.05) is 28.9 Å². The van der Waals surface area contributed by atoms with Gasteiger partial charge in [0.05, 0.1) is 23.0 Å². The lowest BCUT2D eigenvalue weighted by atomic mass is 10.1. The predicted molar refractivity (Wildman–Crippen MR) is 106 cm³/mol. The summed E-state index contributed by atoms with van der Waals surface area (Å²) < 4.78 is 1.96. The van der Waals surface area contributed by atoms with E-state index in [9.17, 15) is 0 Å². The van der Waals surface area contributed by atoms with Crippen LogP contribution in [0.1, 0.15) is 11.1 Å². The summed E-state index contributed by atoms with van der Waals surface area (Å²) in [6.45, 7) is 4.29. The van der Waals surface area contributed by atoms with Crippen LogP contribution in [-0.4, -0.2) is 28.9 Å². The molecule has 1 unspecified atom stereocenters. The molecule has 2 heterocycles. The van der Waals surface area contributed by atoms with Crippen molar-refractivity contribution < 1.29 is 0 Å². The van der Waals surface area contributed by atoms with Crippen LogP contribution in [0.5, 0.6) is 0 Å². The van der Waals surface area contributed by atoms with E-state index < -0.39 is 0 Å². The van der Waals surface area contributed by atoms with E-state index in [-0.39, 0.29) is 0 Å². The van der Waals surface area contributed by atoms with E-state index in [0.717, 1.165) is 47.7 Å². The van der Waals surface area contributed by atoms with E-state index >= 15 is 0 Å². The third kappa shape index (κ3) is 2.88. The first-order valence-corrected chi connectivity index (χ1v) is 9.38. The predicted octanol–water partition coefficient (Wildman–Crippen LogP) is 3.35. The molecular formula is C22H21N5. The molecule has 0 radical (unpaired) electrons. The minimum Gasteiger partial charge on any atom is -0.365 e. The van der Waals surface area contributed by atoms with Gasteiger partial charge in [0.1, 0.15) is 5.82 Å². The number of nitriles is 1. The molecule has 1 aliphatic carbocycles. The van der Waals surface area contributed by atoms with Crippen LogP contribution < -0.4 is 10.6 Å². The van der Waals surface area contributed by atoms with Gasteiger partial charge in [0.2, 0.25) is 0 Å². The van der Waals surface area contributed by atoms with Crippen molar-refractivity contribution in [1.29, 1.82) is 5.26 Å². The lowest BCUT2D eigenvalue weighted by molar-refractivity contribution is 0.694. The highest BCUT2D eigenvalue weighted by molar-refractivity contribution is 5.67. The van der Waals surface area contributed by atoms with E-state index in [1.165, 1.54) is 5.56 Å². The topological polar surface area (TPSA) is 65.7 Å². The summed E-state index contributed by atoms with van der Waals surface area (Å²) in [4.78, 5) is 0. The molecule has 2 N–H and O–H groups in total. The molecule has 5 heteroatoms. The summed E-state index contributed by atoms with van der Waals surface area (Å²) in [6, 6.07) is 20.9. The molecule has 0 amide bonds. The molecule has 3 atom stereocenters. The minimum absolute atomic E-state index is 0.529. The zero-order valence-electron chi connectivity index (χ0n) is 15.2. The van der Waals surface area contributed by atoms with Crippen LogP contribution in [0.25, 0.3) is 16.9 Å². The Hall–Kier alpha value is -3.10. The lowest BCUT2D eigenvalue weighted by Gasteiger charge is -2.08. The van der Waals surface area contributed by atoms with Crippen LogP contribution in [-0.2, 0) is 0 Å². The maximum atomic E-state index is 9.06. The second-order valence-corrected chi connectivity index (χ2v) is 7.51. The lowest BCUT2D eigenvalue weighted by Crippen LogP contribution is -2.21. The van der Waals surface area contributed by atoms with Crippen molar-refractivity contribution in [2.24, 2.45) is 11.8 Å². The molecule has 2 aliphatic rings. The van der Waals surface area contributed by atoms with Gasteiger partial charge in [0, 0.05) is 30.8 Å². The van der Waals surface area contributed by atoms with Gasteiger partial charge in [-0.2, -0.15) is 5.26 Å². The molecule has 5 nitrogen and oxygen atoms in total. The molecule has 1 aromatic heterocycles. The monoisotopic (exact) mass is 355 g/mol. The standard InChI is InChI=1S/C22H21N5/c1-14-2-6-16(7-3-14)20-10-21(25-22-18-12-24-13-19(18)22)26-27(20)17-8-4-15(11-23)5-9-17/h2-10,18-19,22,24H,12-13H2,1H3,(H,25,26)/t18-,19+,22?. The van der Waals surface area contributed by atoms with Gasteiger partial charge in [-0.25, -0.2) is 4.68 Å². The summed E-state index contributed by atoms with van der Waals surface area (Å²) in [5.41, 5.74) is 5.02. The van der Waals surface area contributed by atoms with Crippen molar-refractivity contribution in [2.45, 2.75) is 13.0 Å². The van der Waals surface area contributed by atoms with Crippen molar-refractivity contribution in [3.05, 3.63) is 65.7 Å². The first-order chi connectivity index (χ1) is 13.2. The summed E-state index contributed by atoms with van der Waals surface area (Å²) in [7, 11) is 0. The number of nitrogens with zero attached hydrogens (tertiary/aromatic N) is 3. The van der Waals surface area contributed by atoms with Crippen molar-refractivity contribution in [1.82, 2.24) is 15.1 Å². The molecule has 2 aromatic carbocycles. The number of rotatable bonds is 4. The van der Waals surface area contributed by atoms with E-state index in [2.05, 4.69) is 54.0 Å². The van der Waals surface area contributed by atoms with Gasteiger partial charge in [0.15, 0.2) is 0 Å². The Morgan fingerprint density at radius 1 is 1.07 bits per heavy atom. The van der Waals surface area contributed by atoms with Crippen molar-refractivity contribution >= 4 is 5.82 Å². The number of aryl methyl sites for hydroxylation is 1. The Labute approximate surface area is 158 Å². The van der Waals surface area contributed by atoms with Crippen molar-refractivity contribution in [2.75, 3.05) is 18.4 Å². The van der Waals surface area contributed by atoms with E-state index in [4.69, 9.17) is 10.4 Å². The number of fused-ring (bicyclic) bond motifs is 1.